The van der Waals surface area contributed by atoms with E-state index in [2.05, 4.69) is 0 Å². The monoisotopic (exact) mass is 458 g/mol. The third-order valence-corrected chi connectivity index (χ3v) is 5.95. The number of benzene rings is 2. The maximum absolute atomic E-state index is 12.8. The highest BCUT2D eigenvalue weighted by atomic mass is 32.2. The summed E-state index contributed by atoms with van der Waals surface area (Å²) >= 11 is 0. The molecule has 1 heterocycles. The standard InChI is InChI=1S/C23H26N2O6S/c1-24(2)14-15-25(23(26)22-5-4-16-30-22)17-18-6-8-20(9-7-18)31-32(27,28)21-12-10-19(29-3)11-13-21/h4-13,16H,14-15,17H2,1-3H3. The molecule has 0 spiro atoms. The molecule has 0 aliphatic carbocycles. The molecule has 0 atom stereocenters. The fourth-order valence-electron chi connectivity index (χ4n) is 2.92. The first-order chi connectivity index (χ1) is 15.3. The molecule has 2 aromatic carbocycles. The van der Waals surface area contributed by atoms with Crippen molar-refractivity contribution in [2.45, 2.75) is 11.4 Å². The molecule has 0 aliphatic heterocycles. The molecule has 0 aliphatic rings. The minimum atomic E-state index is -3.97. The average molecular weight is 459 g/mol. The lowest BCUT2D eigenvalue weighted by atomic mass is 10.2. The molecule has 0 fully saturated rings. The van der Waals surface area contributed by atoms with Gasteiger partial charge in [0.25, 0.3) is 5.91 Å². The minimum absolute atomic E-state index is 0.0290. The Balaban J connectivity index is 1.70. The van der Waals surface area contributed by atoms with Crippen LogP contribution in [0.15, 0.2) is 76.2 Å². The number of rotatable bonds is 10. The molecule has 170 valence electrons. The van der Waals surface area contributed by atoms with E-state index in [0.29, 0.717) is 25.4 Å². The predicted octanol–water partition coefficient (Wildman–Crippen LogP) is 3.26. The fraction of sp³-hybridized carbons (Fsp3) is 0.261. The lowest BCUT2D eigenvalue weighted by Gasteiger charge is -2.23. The molecule has 0 bridgehead atoms. The minimum Gasteiger partial charge on any atom is -0.497 e. The number of hydrogen-bond acceptors (Lipinski definition) is 7. The molecule has 0 saturated heterocycles. The van der Waals surface area contributed by atoms with Crippen LogP contribution in [-0.4, -0.2) is 58.4 Å². The Morgan fingerprint density at radius 3 is 2.16 bits per heavy atom. The number of likely N-dealkylation sites (N-methyl/N-ethyl adjacent to an activating group) is 1. The number of nitrogens with zero attached hydrogens (tertiary/aromatic N) is 2. The van der Waals surface area contributed by atoms with Gasteiger partial charge in [0, 0.05) is 19.6 Å². The van der Waals surface area contributed by atoms with Crippen LogP contribution < -0.4 is 8.92 Å². The average Bonchev–Trinajstić information content (AvgIpc) is 3.32. The summed E-state index contributed by atoms with van der Waals surface area (Å²) in [6.07, 6.45) is 1.47. The number of ether oxygens (including phenoxy) is 1. The highest BCUT2D eigenvalue weighted by Gasteiger charge is 2.20. The van der Waals surface area contributed by atoms with Crippen molar-refractivity contribution in [2.24, 2.45) is 0 Å². The fourth-order valence-corrected chi connectivity index (χ4v) is 3.85. The van der Waals surface area contributed by atoms with E-state index in [1.165, 1.54) is 25.5 Å². The molecule has 32 heavy (non-hydrogen) atoms. The van der Waals surface area contributed by atoms with E-state index in [-0.39, 0.29) is 22.3 Å². The van der Waals surface area contributed by atoms with Crippen LogP contribution in [0.2, 0.25) is 0 Å². The van der Waals surface area contributed by atoms with Crippen LogP contribution in [0.25, 0.3) is 0 Å². The van der Waals surface area contributed by atoms with Gasteiger partial charge in [-0.2, -0.15) is 8.42 Å². The molecule has 8 nitrogen and oxygen atoms in total. The quantitative estimate of drug-likeness (QED) is 0.431. The molecule has 1 aromatic heterocycles. The summed E-state index contributed by atoms with van der Waals surface area (Å²) < 4.78 is 40.5. The van der Waals surface area contributed by atoms with Crippen LogP contribution in [0.5, 0.6) is 11.5 Å². The lowest BCUT2D eigenvalue weighted by Crippen LogP contribution is -2.36. The van der Waals surface area contributed by atoms with Crippen molar-refractivity contribution in [3.05, 3.63) is 78.3 Å². The Kier molecular flexibility index (Phi) is 7.55. The van der Waals surface area contributed by atoms with Gasteiger partial charge in [-0.1, -0.05) is 12.1 Å². The Bertz CT molecular complexity index is 1110. The van der Waals surface area contributed by atoms with Gasteiger partial charge in [0.1, 0.15) is 16.4 Å². The SMILES string of the molecule is COc1ccc(S(=O)(=O)Oc2ccc(CN(CCN(C)C)C(=O)c3ccco3)cc2)cc1. The first kappa shape index (κ1) is 23.4. The number of amides is 1. The van der Waals surface area contributed by atoms with E-state index in [1.54, 1.807) is 53.4 Å². The first-order valence-corrected chi connectivity index (χ1v) is 11.3. The summed E-state index contributed by atoms with van der Waals surface area (Å²) in [7, 11) is 1.40. The highest BCUT2D eigenvalue weighted by Crippen LogP contribution is 2.22. The van der Waals surface area contributed by atoms with Crippen LogP contribution in [-0.2, 0) is 16.7 Å². The van der Waals surface area contributed by atoms with Gasteiger partial charge in [0.05, 0.1) is 13.4 Å². The third kappa shape index (κ3) is 6.12. The molecular formula is C23H26N2O6S. The molecule has 0 N–H and O–H groups in total. The zero-order valence-corrected chi connectivity index (χ0v) is 19.0. The number of carbonyl (C=O) groups is 1. The van der Waals surface area contributed by atoms with Crippen molar-refractivity contribution in [3.8, 4) is 11.5 Å². The largest absolute Gasteiger partial charge is 0.497 e. The van der Waals surface area contributed by atoms with Crippen LogP contribution in [0, 0.1) is 0 Å². The smallest absolute Gasteiger partial charge is 0.339 e. The molecule has 3 aromatic rings. The molecule has 0 radical (unpaired) electrons. The van der Waals surface area contributed by atoms with Gasteiger partial charge in [0.15, 0.2) is 5.76 Å². The molecule has 0 unspecified atom stereocenters. The van der Waals surface area contributed by atoms with E-state index in [9.17, 15) is 13.2 Å². The van der Waals surface area contributed by atoms with Crippen molar-refractivity contribution in [2.75, 3.05) is 34.3 Å². The Labute approximate surface area is 188 Å². The Morgan fingerprint density at radius 1 is 0.938 bits per heavy atom. The number of carbonyl (C=O) groups excluding carboxylic acids is 1. The maximum Gasteiger partial charge on any atom is 0.339 e. The maximum atomic E-state index is 12.8. The van der Waals surface area contributed by atoms with Crippen molar-refractivity contribution in [3.63, 3.8) is 0 Å². The summed E-state index contributed by atoms with van der Waals surface area (Å²) in [5.41, 5.74) is 0.831. The van der Waals surface area contributed by atoms with E-state index >= 15 is 0 Å². The van der Waals surface area contributed by atoms with Crippen LogP contribution in [0.3, 0.4) is 0 Å². The summed E-state index contributed by atoms with van der Waals surface area (Å²) in [6, 6.07) is 15.9. The molecule has 1 amide bonds. The van der Waals surface area contributed by atoms with Gasteiger partial charge in [-0.25, -0.2) is 0 Å². The van der Waals surface area contributed by atoms with E-state index < -0.39 is 10.1 Å². The van der Waals surface area contributed by atoms with E-state index in [1.807, 2.05) is 19.0 Å². The van der Waals surface area contributed by atoms with Gasteiger partial charge in [0.2, 0.25) is 0 Å². The number of hydrogen-bond donors (Lipinski definition) is 0. The summed E-state index contributed by atoms with van der Waals surface area (Å²) in [5, 5.41) is 0. The van der Waals surface area contributed by atoms with Crippen molar-refractivity contribution < 1.29 is 26.5 Å². The molecule has 3 rings (SSSR count). The zero-order valence-electron chi connectivity index (χ0n) is 18.2. The second kappa shape index (κ2) is 10.3. The molecule has 9 heteroatoms. The van der Waals surface area contributed by atoms with Gasteiger partial charge >= 0.3 is 10.1 Å². The summed E-state index contributed by atoms with van der Waals surface area (Å²) in [5.74, 6) is 0.798. The van der Waals surface area contributed by atoms with Crippen LogP contribution in [0.1, 0.15) is 16.1 Å². The van der Waals surface area contributed by atoms with Crippen LogP contribution >= 0.6 is 0 Å². The van der Waals surface area contributed by atoms with Gasteiger partial charge < -0.3 is 23.1 Å². The number of furan rings is 1. The second-order valence-corrected chi connectivity index (χ2v) is 8.91. The topological polar surface area (TPSA) is 89.3 Å². The van der Waals surface area contributed by atoms with E-state index in [4.69, 9.17) is 13.3 Å². The lowest BCUT2D eigenvalue weighted by molar-refractivity contribution is 0.0700. The molecule has 0 saturated carbocycles. The summed E-state index contributed by atoms with van der Waals surface area (Å²) in [4.78, 5) is 16.5. The van der Waals surface area contributed by atoms with Gasteiger partial charge in [-0.3, -0.25) is 4.79 Å². The highest BCUT2D eigenvalue weighted by molar-refractivity contribution is 7.87. The van der Waals surface area contributed by atoms with Crippen molar-refractivity contribution in [1.29, 1.82) is 0 Å². The van der Waals surface area contributed by atoms with Crippen LogP contribution in [0.4, 0.5) is 0 Å². The predicted molar refractivity (Wildman–Crippen MR) is 119 cm³/mol. The number of methoxy groups -OCH3 is 1. The normalized spacial score (nSPS) is 11.4. The van der Waals surface area contributed by atoms with E-state index in [0.717, 1.165) is 5.56 Å². The zero-order chi connectivity index (χ0) is 23.1. The Morgan fingerprint density at radius 2 is 1.59 bits per heavy atom. The first-order valence-electron chi connectivity index (χ1n) is 9.93. The van der Waals surface area contributed by atoms with Gasteiger partial charge in [-0.15, -0.1) is 0 Å². The Hall–Kier alpha value is -3.30. The summed E-state index contributed by atoms with van der Waals surface area (Å²) in [6.45, 7) is 1.54. The van der Waals surface area contributed by atoms with Crippen molar-refractivity contribution >= 4 is 16.0 Å². The third-order valence-electron chi connectivity index (χ3n) is 4.69. The van der Waals surface area contributed by atoms with Crippen molar-refractivity contribution in [1.82, 2.24) is 9.80 Å². The second-order valence-electron chi connectivity index (χ2n) is 7.36. The molecular weight excluding hydrogens is 432 g/mol. The van der Waals surface area contributed by atoms with Gasteiger partial charge in [-0.05, 0) is 68.2 Å².